The topological polar surface area (TPSA) is 111 Å². The predicted octanol–water partition coefficient (Wildman–Crippen LogP) is 2.88. The molecule has 1 saturated heterocycles. The van der Waals surface area contributed by atoms with E-state index < -0.39 is 10.8 Å². The lowest BCUT2D eigenvalue weighted by Gasteiger charge is -2.17. The third-order valence-electron chi connectivity index (χ3n) is 5.09. The minimum absolute atomic E-state index is 0.0326. The summed E-state index contributed by atoms with van der Waals surface area (Å²) < 4.78 is 10.6. The van der Waals surface area contributed by atoms with Crippen molar-refractivity contribution in [1.29, 1.82) is 0 Å². The Morgan fingerprint density at radius 1 is 1.24 bits per heavy atom. The van der Waals surface area contributed by atoms with Crippen molar-refractivity contribution in [3.63, 3.8) is 0 Å². The number of aryl methyl sites for hydroxylation is 1. The quantitative estimate of drug-likeness (QED) is 0.613. The SMILES string of the molecule is CCc1ccc(NC(=O)C2CC(=O)N(c3ccc4c(c3)OCO4)C2)cc1[N+](=O)[O-]. The molecule has 2 aromatic rings. The summed E-state index contributed by atoms with van der Waals surface area (Å²) in [6.07, 6.45) is 0.585. The van der Waals surface area contributed by atoms with Crippen molar-refractivity contribution < 1.29 is 24.0 Å². The number of nitrogens with one attached hydrogen (secondary N) is 1. The fourth-order valence-electron chi connectivity index (χ4n) is 3.54. The van der Waals surface area contributed by atoms with Crippen LogP contribution in [0.3, 0.4) is 0 Å². The molecular weight excluding hydrogens is 378 g/mol. The van der Waals surface area contributed by atoms with E-state index in [0.29, 0.717) is 34.9 Å². The minimum Gasteiger partial charge on any atom is -0.454 e. The molecule has 2 aromatic carbocycles. The van der Waals surface area contributed by atoms with Gasteiger partial charge in [0.25, 0.3) is 5.69 Å². The second-order valence-electron chi connectivity index (χ2n) is 6.89. The number of nitrogens with zero attached hydrogens (tertiary/aromatic N) is 2. The number of ether oxygens (including phenoxy) is 2. The number of nitro benzene ring substituents is 1. The lowest BCUT2D eigenvalue weighted by Crippen LogP contribution is -2.28. The van der Waals surface area contributed by atoms with Gasteiger partial charge in [0.1, 0.15) is 0 Å². The molecule has 150 valence electrons. The van der Waals surface area contributed by atoms with Crippen LogP contribution in [-0.4, -0.2) is 30.1 Å². The standard InChI is InChI=1S/C20H19N3O6/c1-2-12-3-4-14(8-16(12)23(26)27)21-20(25)13-7-19(24)22(10-13)15-5-6-17-18(9-15)29-11-28-17/h3-6,8-9,13H,2,7,10-11H2,1H3,(H,21,25). The Hall–Kier alpha value is -3.62. The molecule has 1 N–H and O–H groups in total. The van der Waals surface area contributed by atoms with Gasteiger partial charge >= 0.3 is 0 Å². The highest BCUT2D eigenvalue weighted by atomic mass is 16.7. The van der Waals surface area contributed by atoms with E-state index in [4.69, 9.17) is 9.47 Å². The van der Waals surface area contributed by atoms with E-state index in [2.05, 4.69) is 5.32 Å². The Balaban J connectivity index is 1.47. The zero-order valence-electron chi connectivity index (χ0n) is 15.7. The van der Waals surface area contributed by atoms with Crippen LogP contribution in [0.25, 0.3) is 0 Å². The molecule has 2 aliphatic heterocycles. The summed E-state index contributed by atoms with van der Waals surface area (Å²) in [4.78, 5) is 37.4. The fraction of sp³-hybridized carbons (Fsp3) is 0.300. The van der Waals surface area contributed by atoms with Crippen LogP contribution in [-0.2, 0) is 16.0 Å². The van der Waals surface area contributed by atoms with Gasteiger partial charge in [-0.25, -0.2) is 0 Å². The third-order valence-corrected chi connectivity index (χ3v) is 5.09. The maximum absolute atomic E-state index is 12.7. The largest absolute Gasteiger partial charge is 0.454 e. The third kappa shape index (κ3) is 3.58. The van der Waals surface area contributed by atoms with E-state index in [1.807, 2.05) is 6.92 Å². The molecule has 0 aromatic heterocycles. The number of carbonyl (C=O) groups is 2. The summed E-state index contributed by atoms with van der Waals surface area (Å²) in [5.74, 6) is 0.104. The van der Waals surface area contributed by atoms with Crippen molar-refractivity contribution >= 4 is 28.9 Å². The van der Waals surface area contributed by atoms with Crippen molar-refractivity contribution in [1.82, 2.24) is 0 Å². The Morgan fingerprint density at radius 3 is 2.79 bits per heavy atom. The molecule has 0 bridgehead atoms. The molecule has 9 nitrogen and oxygen atoms in total. The van der Waals surface area contributed by atoms with Gasteiger partial charge in [-0.15, -0.1) is 0 Å². The van der Waals surface area contributed by atoms with Gasteiger partial charge in [0.2, 0.25) is 18.6 Å². The summed E-state index contributed by atoms with van der Waals surface area (Å²) in [5, 5.41) is 13.9. The van der Waals surface area contributed by atoms with Crippen LogP contribution in [0.15, 0.2) is 36.4 Å². The molecule has 2 heterocycles. The van der Waals surface area contributed by atoms with Gasteiger partial charge in [0, 0.05) is 42.0 Å². The van der Waals surface area contributed by atoms with Crippen molar-refractivity contribution in [2.45, 2.75) is 19.8 Å². The fourth-order valence-corrected chi connectivity index (χ4v) is 3.54. The molecule has 1 fully saturated rings. The van der Waals surface area contributed by atoms with Crippen LogP contribution in [0.4, 0.5) is 17.1 Å². The van der Waals surface area contributed by atoms with E-state index >= 15 is 0 Å². The van der Waals surface area contributed by atoms with Gasteiger partial charge in [-0.05, 0) is 24.6 Å². The van der Waals surface area contributed by atoms with Crippen LogP contribution < -0.4 is 19.7 Å². The number of benzene rings is 2. The first-order chi connectivity index (χ1) is 14.0. The molecule has 0 saturated carbocycles. The molecule has 2 aliphatic rings. The summed E-state index contributed by atoms with van der Waals surface area (Å²) in [5.41, 5.74) is 1.54. The minimum atomic E-state index is -0.558. The maximum atomic E-state index is 12.7. The van der Waals surface area contributed by atoms with Gasteiger partial charge < -0.3 is 19.7 Å². The Kier molecular flexibility index (Phi) is 4.79. The van der Waals surface area contributed by atoms with Crippen LogP contribution >= 0.6 is 0 Å². The molecule has 0 radical (unpaired) electrons. The molecule has 9 heteroatoms. The molecule has 29 heavy (non-hydrogen) atoms. The molecule has 1 unspecified atom stereocenters. The molecule has 4 rings (SSSR count). The van der Waals surface area contributed by atoms with Crippen LogP contribution in [0.5, 0.6) is 11.5 Å². The summed E-state index contributed by atoms with van der Waals surface area (Å²) in [7, 11) is 0. The van der Waals surface area contributed by atoms with E-state index in [1.54, 1.807) is 30.3 Å². The summed E-state index contributed by atoms with van der Waals surface area (Å²) >= 11 is 0. The van der Waals surface area contributed by atoms with Crippen LogP contribution in [0.1, 0.15) is 18.9 Å². The zero-order valence-corrected chi connectivity index (χ0v) is 15.7. The predicted molar refractivity (Wildman–Crippen MR) is 104 cm³/mol. The van der Waals surface area contributed by atoms with Gasteiger partial charge in [0.05, 0.1) is 10.8 Å². The van der Waals surface area contributed by atoms with Gasteiger partial charge in [-0.1, -0.05) is 13.0 Å². The highest BCUT2D eigenvalue weighted by Crippen LogP contribution is 2.37. The lowest BCUT2D eigenvalue weighted by atomic mass is 10.1. The maximum Gasteiger partial charge on any atom is 0.274 e. The average Bonchev–Trinajstić information content (AvgIpc) is 3.33. The van der Waals surface area contributed by atoms with Gasteiger partial charge in [-0.2, -0.15) is 0 Å². The smallest absolute Gasteiger partial charge is 0.274 e. The number of hydrogen-bond donors (Lipinski definition) is 1. The Labute approximate surface area is 166 Å². The van der Waals surface area contributed by atoms with Crippen molar-refractivity contribution in [2.75, 3.05) is 23.6 Å². The number of carbonyl (C=O) groups excluding carboxylic acids is 2. The zero-order chi connectivity index (χ0) is 20.5. The van der Waals surface area contributed by atoms with Gasteiger partial charge in [0.15, 0.2) is 11.5 Å². The Bertz CT molecular complexity index is 1010. The summed E-state index contributed by atoms with van der Waals surface area (Å²) in [6, 6.07) is 9.81. The van der Waals surface area contributed by atoms with Crippen molar-refractivity contribution in [3.05, 3.63) is 52.1 Å². The number of fused-ring (bicyclic) bond motifs is 1. The molecular formula is C20H19N3O6. The van der Waals surface area contributed by atoms with Crippen molar-refractivity contribution in [3.8, 4) is 11.5 Å². The molecule has 1 atom stereocenters. The monoisotopic (exact) mass is 397 g/mol. The number of amides is 2. The first-order valence-electron chi connectivity index (χ1n) is 9.24. The number of rotatable bonds is 5. The number of nitro groups is 1. The highest BCUT2D eigenvalue weighted by molar-refractivity contribution is 6.03. The van der Waals surface area contributed by atoms with Crippen LogP contribution in [0, 0.1) is 16.0 Å². The summed E-state index contributed by atoms with van der Waals surface area (Å²) in [6.45, 7) is 2.19. The molecule has 2 amide bonds. The lowest BCUT2D eigenvalue weighted by molar-refractivity contribution is -0.385. The normalized spacial score (nSPS) is 17.5. The second kappa shape index (κ2) is 7.42. The first-order valence-corrected chi connectivity index (χ1v) is 9.24. The first kappa shape index (κ1) is 18.7. The number of anilines is 2. The van der Waals surface area contributed by atoms with Crippen LogP contribution in [0.2, 0.25) is 0 Å². The molecule has 0 aliphatic carbocycles. The van der Waals surface area contributed by atoms with Gasteiger partial charge in [-0.3, -0.25) is 19.7 Å². The van der Waals surface area contributed by atoms with E-state index in [1.165, 1.54) is 11.0 Å². The van der Waals surface area contributed by atoms with E-state index in [-0.39, 0.29) is 37.3 Å². The van der Waals surface area contributed by atoms with E-state index in [9.17, 15) is 19.7 Å². The molecule has 0 spiro atoms. The van der Waals surface area contributed by atoms with Crippen molar-refractivity contribution in [2.24, 2.45) is 5.92 Å². The Morgan fingerprint density at radius 2 is 2.03 bits per heavy atom. The second-order valence-corrected chi connectivity index (χ2v) is 6.89. The average molecular weight is 397 g/mol. The number of hydrogen-bond acceptors (Lipinski definition) is 6. The highest BCUT2D eigenvalue weighted by Gasteiger charge is 2.36. The van der Waals surface area contributed by atoms with E-state index in [0.717, 1.165) is 0 Å².